The van der Waals surface area contributed by atoms with Gasteiger partial charge in [0, 0.05) is 11.6 Å². The Bertz CT molecular complexity index is 363. The van der Waals surface area contributed by atoms with Crippen molar-refractivity contribution in [2.24, 2.45) is 0 Å². The average molecular weight is 226 g/mol. The quantitative estimate of drug-likeness (QED) is 0.826. The molecule has 0 amide bonds. The molecule has 2 N–H and O–H groups in total. The average Bonchev–Trinajstić information content (AvgIpc) is 2.17. The molecule has 0 bridgehead atoms. The van der Waals surface area contributed by atoms with Gasteiger partial charge >= 0.3 is 0 Å². The van der Waals surface area contributed by atoms with Crippen LogP contribution < -0.4 is 5.32 Å². The maximum absolute atomic E-state index is 9.80. The van der Waals surface area contributed by atoms with E-state index in [4.69, 9.17) is 11.6 Å². The van der Waals surface area contributed by atoms with Crippen LogP contribution in [0, 0.1) is 0 Å². The molecule has 1 rings (SSSR count). The lowest BCUT2D eigenvalue weighted by Crippen LogP contribution is -2.16. The number of nitrogens with one attached hydrogen (secondary N) is 1. The van der Waals surface area contributed by atoms with Gasteiger partial charge in [-0.2, -0.15) is 0 Å². The van der Waals surface area contributed by atoms with Gasteiger partial charge in [-0.3, -0.25) is 0 Å². The smallest absolute Gasteiger partial charge is 0.0914 e. The Labute approximate surface area is 95.6 Å². The SMILES string of the molecule is C=C(C)c1cc(Cl)cc(C(O)CNC)c1. The fourth-order valence-corrected chi connectivity index (χ4v) is 1.61. The molecule has 0 fully saturated rings. The van der Waals surface area contributed by atoms with Crippen molar-refractivity contribution in [1.29, 1.82) is 0 Å². The van der Waals surface area contributed by atoms with E-state index in [2.05, 4.69) is 11.9 Å². The number of allylic oxidation sites excluding steroid dienone is 1. The summed E-state index contributed by atoms with van der Waals surface area (Å²) in [5, 5.41) is 13.3. The fraction of sp³-hybridized carbons (Fsp3) is 0.333. The number of likely N-dealkylation sites (N-methyl/N-ethyl adjacent to an activating group) is 1. The van der Waals surface area contributed by atoms with Crippen LogP contribution >= 0.6 is 11.6 Å². The summed E-state index contributed by atoms with van der Waals surface area (Å²) >= 11 is 5.97. The molecular weight excluding hydrogens is 210 g/mol. The number of benzene rings is 1. The van der Waals surface area contributed by atoms with E-state index in [0.29, 0.717) is 11.6 Å². The minimum Gasteiger partial charge on any atom is -0.387 e. The van der Waals surface area contributed by atoms with E-state index in [0.717, 1.165) is 16.7 Å². The third-order valence-corrected chi connectivity index (χ3v) is 2.41. The topological polar surface area (TPSA) is 32.3 Å². The standard InChI is InChI=1S/C12H16ClNO/c1-8(2)9-4-10(6-11(13)5-9)12(15)7-14-3/h4-6,12,14-15H,1,7H2,2-3H3. The van der Waals surface area contributed by atoms with Crippen LogP contribution in [-0.4, -0.2) is 18.7 Å². The Balaban J connectivity index is 3.03. The first kappa shape index (κ1) is 12.2. The Hall–Kier alpha value is -0.830. The molecule has 0 radical (unpaired) electrons. The van der Waals surface area contributed by atoms with E-state index in [1.165, 1.54) is 0 Å². The zero-order chi connectivity index (χ0) is 11.4. The highest BCUT2D eigenvalue weighted by atomic mass is 35.5. The monoisotopic (exact) mass is 225 g/mol. The van der Waals surface area contributed by atoms with Crippen LogP contribution in [0.2, 0.25) is 5.02 Å². The summed E-state index contributed by atoms with van der Waals surface area (Å²) in [6.45, 7) is 6.28. The van der Waals surface area contributed by atoms with Crippen molar-refractivity contribution in [2.75, 3.05) is 13.6 Å². The summed E-state index contributed by atoms with van der Waals surface area (Å²) < 4.78 is 0. The molecule has 0 heterocycles. The van der Waals surface area contributed by atoms with E-state index in [1.807, 2.05) is 19.1 Å². The number of hydrogen-bond acceptors (Lipinski definition) is 2. The second-order valence-electron chi connectivity index (χ2n) is 3.63. The lowest BCUT2D eigenvalue weighted by Gasteiger charge is -2.12. The molecule has 1 atom stereocenters. The van der Waals surface area contributed by atoms with Gasteiger partial charge in [0.15, 0.2) is 0 Å². The molecule has 0 aliphatic heterocycles. The van der Waals surface area contributed by atoms with Crippen LogP contribution in [0.15, 0.2) is 24.8 Å². The van der Waals surface area contributed by atoms with E-state index in [1.54, 1.807) is 13.1 Å². The van der Waals surface area contributed by atoms with Crippen LogP contribution in [0.4, 0.5) is 0 Å². The molecule has 0 aromatic heterocycles. The second kappa shape index (κ2) is 5.31. The van der Waals surface area contributed by atoms with Gasteiger partial charge in [0.05, 0.1) is 6.10 Å². The van der Waals surface area contributed by atoms with Gasteiger partial charge < -0.3 is 10.4 Å². The molecule has 0 aliphatic carbocycles. The van der Waals surface area contributed by atoms with Gasteiger partial charge in [0.25, 0.3) is 0 Å². The molecule has 2 nitrogen and oxygen atoms in total. The lowest BCUT2D eigenvalue weighted by atomic mass is 10.0. The Kier molecular flexibility index (Phi) is 4.33. The van der Waals surface area contributed by atoms with Crippen LogP contribution in [0.25, 0.3) is 5.57 Å². The molecule has 1 unspecified atom stereocenters. The van der Waals surface area contributed by atoms with Crippen molar-refractivity contribution in [3.63, 3.8) is 0 Å². The van der Waals surface area contributed by atoms with Crippen LogP contribution in [0.5, 0.6) is 0 Å². The summed E-state index contributed by atoms with van der Waals surface area (Å²) in [7, 11) is 1.80. The molecule has 1 aromatic rings. The van der Waals surface area contributed by atoms with Crippen LogP contribution in [-0.2, 0) is 0 Å². The second-order valence-corrected chi connectivity index (χ2v) is 4.06. The summed E-state index contributed by atoms with van der Waals surface area (Å²) in [4.78, 5) is 0. The van der Waals surface area contributed by atoms with Gasteiger partial charge in [-0.05, 0) is 43.3 Å². The molecule has 0 saturated carbocycles. The molecule has 82 valence electrons. The van der Waals surface area contributed by atoms with E-state index < -0.39 is 6.10 Å². The van der Waals surface area contributed by atoms with Gasteiger partial charge in [0.2, 0.25) is 0 Å². The summed E-state index contributed by atoms with van der Waals surface area (Å²) in [5.41, 5.74) is 2.72. The number of rotatable bonds is 4. The van der Waals surface area contributed by atoms with Gasteiger partial charge in [-0.1, -0.05) is 23.8 Å². The largest absolute Gasteiger partial charge is 0.387 e. The van der Waals surface area contributed by atoms with Gasteiger partial charge in [-0.25, -0.2) is 0 Å². The summed E-state index contributed by atoms with van der Waals surface area (Å²) in [6.07, 6.45) is -0.535. The predicted octanol–water partition coefficient (Wildman–Crippen LogP) is 2.63. The van der Waals surface area contributed by atoms with Gasteiger partial charge in [0.1, 0.15) is 0 Å². The number of halogens is 1. The third-order valence-electron chi connectivity index (χ3n) is 2.20. The molecular formula is C12H16ClNO. The van der Waals surface area contributed by atoms with Crippen molar-refractivity contribution >= 4 is 17.2 Å². The lowest BCUT2D eigenvalue weighted by molar-refractivity contribution is 0.178. The Morgan fingerprint density at radius 2 is 2.20 bits per heavy atom. The fourth-order valence-electron chi connectivity index (χ4n) is 1.36. The zero-order valence-electron chi connectivity index (χ0n) is 9.05. The Morgan fingerprint density at radius 3 is 2.73 bits per heavy atom. The maximum atomic E-state index is 9.80. The predicted molar refractivity (Wildman–Crippen MR) is 65.0 cm³/mol. The highest BCUT2D eigenvalue weighted by Crippen LogP contribution is 2.23. The minimum absolute atomic E-state index is 0.510. The van der Waals surface area contributed by atoms with Crippen molar-refractivity contribution in [2.45, 2.75) is 13.0 Å². The van der Waals surface area contributed by atoms with Crippen molar-refractivity contribution in [3.8, 4) is 0 Å². The summed E-state index contributed by atoms with van der Waals surface area (Å²) in [5.74, 6) is 0. The van der Waals surface area contributed by atoms with Crippen molar-refractivity contribution in [1.82, 2.24) is 5.32 Å². The number of hydrogen-bond donors (Lipinski definition) is 2. The highest BCUT2D eigenvalue weighted by Gasteiger charge is 2.08. The molecule has 0 saturated heterocycles. The molecule has 0 spiro atoms. The van der Waals surface area contributed by atoms with E-state index in [9.17, 15) is 5.11 Å². The van der Waals surface area contributed by atoms with Crippen molar-refractivity contribution < 1.29 is 5.11 Å². The number of aliphatic hydroxyl groups is 1. The minimum atomic E-state index is -0.535. The highest BCUT2D eigenvalue weighted by molar-refractivity contribution is 6.30. The first-order chi connectivity index (χ1) is 7.04. The van der Waals surface area contributed by atoms with E-state index >= 15 is 0 Å². The molecule has 1 aromatic carbocycles. The van der Waals surface area contributed by atoms with E-state index in [-0.39, 0.29) is 0 Å². The van der Waals surface area contributed by atoms with Gasteiger partial charge in [-0.15, -0.1) is 0 Å². The van der Waals surface area contributed by atoms with Crippen LogP contribution in [0.1, 0.15) is 24.2 Å². The van der Waals surface area contributed by atoms with Crippen LogP contribution in [0.3, 0.4) is 0 Å². The maximum Gasteiger partial charge on any atom is 0.0914 e. The molecule has 15 heavy (non-hydrogen) atoms. The molecule has 3 heteroatoms. The van der Waals surface area contributed by atoms with Crippen molar-refractivity contribution in [3.05, 3.63) is 40.9 Å². The third kappa shape index (κ3) is 3.34. The Morgan fingerprint density at radius 1 is 1.53 bits per heavy atom. The molecule has 0 aliphatic rings. The normalized spacial score (nSPS) is 12.5. The zero-order valence-corrected chi connectivity index (χ0v) is 9.80. The first-order valence-electron chi connectivity index (χ1n) is 4.83. The summed E-state index contributed by atoms with van der Waals surface area (Å²) in [6, 6.07) is 5.53. The first-order valence-corrected chi connectivity index (χ1v) is 5.21. The number of aliphatic hydroxyl groups excluding tert-OH is 1.